The molecule has 1 amide bonds. The topological polar surface area (TPSA) is 86.9 Å². The molecule has 0 saturated heterocycles. The van der Waals surface area contributed by atoms with Gasteiger partial charge in [-0.2, -0.15) is 10.2 Å². The van der Waals surface area contributed by atoms with Crippen molar-refractivity contribution in [3.63, 3.8) is 0 Å². The van der Waals surface area contributed by atoms with E-state index in [1.807, 2.05) is 86.4 Å². The largest absolute Gasteiger partial charge is 0.497 e. The second-order valence-electron chi connectivity index (χ2n) is 8.48. The number of fused-ring (bicyclic) bond motifs is 1. The zero-order chi connectivity index (χ0) is 24.5. The normalized spacial score (nSPS) is 11.1. The van der Waals surface area contributed by atoms with Crippen LogP contribution < -0.4 is 10.1 Å². The first-order chi connectivity index (χ1) is 16.9. The molecular formula is C27H26N6O2. The number of carbonyl (C=O) groups is 1. The average Bonchev–Trinajstić information content (AvgIpc) is 3.41. The standard InChI is InChI=1S/C27H26N6O2/c1-17-26(18(2)33(31-17)15-19-8-7-9-21(12-19)35-4)30-27(34)23-13-25(20-14-28-32(3)16-20)29-24-11-6-5-10-22(23)24/h5-14,16H,15H2,1-4H3,(H,30,34). The lowest BCUT2D eigenvalue weighted by atomic mass is 10.0. The number of para-hydroxylation sites is 1. The molecular weight excluding hydrogens is 440 g/mol. The summed E-state index contributed by atoms with van der Waals surface area (Å²) in [6.07, 6.45) is 3.63. The number of aromatic nitrogens is 5. The highest BCUT2D eigenvalue weighted by Crippen LogP contribution is 2.27. The third kappa shape index (κ3) is 4.38. The molecule has 176 valence electrons. The number of pyridine rings is 1. The highest BCUT2D eigenvalue weighted by atomic mass is 16.5. The number of benzene rings is 2. The second-order valence-corrected chi connectivity index (χ2v) is 8.48. The Kier molecular flexibility index (Phi) is 5.78. The molecule has 5 aromatic rings. The molecule has 8 nitrogen and oxygen atoms in total. The summed E-state index contributed by atoms with van der Waals surface area (Å²) < 4.78 is 8.95. The first-order valence-electron chi connectivity index (χ1n) is 11.3. The molecule has 2 aromatic carbocycles. The summed E-state index contributed by atoms with van der Waals surface area (Å²) in [4.78, 5) is 18.3. The van der Waals surface area contributed by atoms with Gasteiger partial charge in [-0.25, -0.2) is 4.98 Å². The van der Waals surface area contributed by atoms with Crippen LogP contribution in [-0.4, -0.2) is 37.6 Å². The van der Waals surface area contributed by atoms with Gasteiger partial charge >= 0.3 is 0 Å². The minimum atomic E-state index is -0.208. The number of hydrogen-bond acceptors (Lipinski definition) is 5. The monoisotopic (exact) mass is 466 g/mol. The molecule has 35 heavy (non-hydrogen) atoms. The van der Waals surface area contributed by atoms with Crippen LogP contribution in [0.5, 0.6) is 5.75 Å². The number of carbonyl (C=O) groups excluding carboxylic acids is 1. The summed E-state index contributed by atoms with van der Waals surface area (Å²) in [6, 6.07) is 17.4. The minimum absolute atomic E-state index is 0.208. The summed E-state index contributed by atoms with van der Waals surface area (Å²) in [5.74, 6) is 0.590. The lowest BCUT2D eigenvalue weighted by molar-refractivity contribution is 0.102. The average molecular weight is 467 g/mol. The van der Waals surface area contributed by atoms with Crippen LogP contribution in [-0.2, 0) is 13.6 Å². The Morgan fingerprint density at radius 1 is 1.09 bits per heavy atom. The van der Waals surface area contributed by atoms with Gasteiger partial charge in [-0.3, -0.25) is 14.2 Å². The summed E-state index contributed by atoms with van der Waals surface area (Å²) in [6.45, 7) is 4.43. The van der Waals surface area contributed by atoms with Crippen LogP contribution in [0.25, 0.3) is 22.2 Å². The van der Waals surface area contributed by atoms with Gasteiger partial charge in [0.05, 0.1) is 53.7 Å². The van der Waals surface area contributed by atoms with E-state index in [9.17, 15) is 4.79 Å². The zero-order valence-corrected chi connectivity index (χ0v) is 20.1. The van der Waals surface area contributed by atoms with Gasteiger partial charge < -0.3 is 10.1 Å². The fourth-order valence-electron chi connectivity index (χ4n) is 4.22. The molecule has 0 bridgehead atoms. The Hall–Kier alpha value is -4.46. The van der Waals surface area contributed by atoms with E-state index in [-0.39, 0.29) is 5.91 Å². The summed E-state index contributed by atoms with van der Waals surface area (Å²) >= 11 is 0. The predicted molar refractivity (Wildman–Crippen MR) is 136 cm³/mol. The number of amides is 1. The minimum Gasteiger partial charge on any atom is -0.497 e. The van der Waals surface area contributed by atoms with E-state index in [1.54, 1.807) is 18.0 Å². The maximum Gasteiger partial charge on any atom is 0.256 e. The summed E-state index contributed by atoms with van der Waals surface area (Å²) in [5.41, 5.74) is 6.26. The molecule has 0 unspecified atom stereocenters. The molecule has 8 heteroatoms. The van der Waals surface area contributed by atoms with Crippen LogP contribution in [0.15, 0.2) is 67.0 Å². The van der Waals surface area contributed by atoms with Crippen molar-refractivity contribution in [2.24, 2.45) is 7.05 Å². The lowest BCUT2D eigenvalue weighted by Gasteiger charge is -2.11. The summed E-state index contributed by atoms with van der Waals surface area (Å²) in [5, 5.41) is 12.8. The van der Waals surface area contributed by atoms with Crippen molar-refractivity contribution in [3.05, 3.63) is 89.5 Å². The molecule has 0 aliphatic carbocycles. The van der Waals surface area contributed by atoms with Crippen LogP contribution in [0, 0.1) is 13.8 Å². The maximum absolute atomic E-state index is 13.6. The molecule has 0 aliphatic heterocycles. The number of methoxy groups -OCH3 is 1. The van der Waals surface area contributed by atoms with Crippen molar-refractivity contribution in [2.45, 2.75) is 20.4 Å². The molecule has 3 aromatic heterocycles. The Bertz CT molecular complexity index is 1550. The van der Waals surface area contributed by atoms with Crippen molar-refractivity contribution in [2.75, 3.05) is 12.4 Å². The zero-order valence-electron chi connectivity index (χ0n) is 20.1. The van der Waals surface area contributed by atoms with Gasteiger partial charge in [-0.1, -0.05) is 30.3 Å². The Morgan fingerprint density at radius 3 is 2.69 bits per heavy atom. The van der Waals surface area contributed by atoms with Crippen molar-refractivity contribution in [1.82, 2.24) is 24.5 Å². The first-order valence-corrected chi connectivity index (χ1v) is 11.3. The summed E-state index contributed by atoms with van der Waals surface area (Å²) in [7, 11) is 3.51. The maximum atomic E-state index is 13.6. The number of anilines is 1. The van der Waals surface area contributed by atoms with Crippen LogP contribution in [0.2, 0.25) is 0 Å². The van der Waals surface area contributed by atoms with E-state index in [2.05, 4.69) is 15.5 Å². The van der Waals surface area contributed by atoms with Crippen molar-refractivity contribution < 1.29 is 9.53 Å². The van der Waals surface area contributed by atoms with Crippen LogP contribution in [0.4, 0.5) is 5.69 Å². The molecule has 0 aliphatic rings. The van der Waals surface area contributed by atoms with E-state index in [1.165, 1.54) is 0 Å². The number of rotatable bonds is 6. The van der Waals surface area contributed by atoms with E-state index in [0.717, 1.165) is 39.2 Å². The number of aryl methyl sites for hydroxylation is 2. The molecule has 0 spiro atoms. The van der Waals surface area contributed by atoms with Crippen molar-refractivity contribution in [1.29, 1.82) is 0 Å². The van der Waals surface area contributed by atoms with Gasteiger partial charge in [0.15, 0.2) is 0 Å². The molecule has 3 heterocycles. The van der Waals surface area contributed by atoms with Gasteiger partial charge in [0.1, 0.15) is 5.75 Å². The van der Waals surface area contributed by atoms with Gasteiger partial charge in [0.2, 0.25) is 0 Å². The predicted octanol–water partition coefficient (Wildman–Crippen LogP) is 4.76. The number of nitrogens with one attached hydrogen (secondary N) is 1. The number of ether oxygens (including phenoxy) is 1. The molecule has 0 radical (unpaired) electrons. The van der Waals surface area contributed by atoms with Crippen LogP contribution in [0.1, 0.15) is 27.3 Å². The van der Waals surface area contributed by atoms with E-state index in [0.29, 0.717) is 23.5 Å². The van der Waals surface area contributed by atoms with Gasteiger partial charge in [-0.15, -0.1) is 0 Å². The van der Waals surface area contributed by atoms with Crippen LogP contribution in [0.3, 0.4) is 0 Å². The van der Waals surface area contributed by atoms with Gasteiger partial charge in [0.25, 0.3) is 5.91 Å². The third-order valence-electron chi connectivity index (χ3n) is 6.05. The molecule has 0 fully saturated rings. The molecule has 0 atom stereocenters. The third-order valence-corrected chi connectivity index (χ3v) is 6.05. The highest BCUT2D eigenvalue weighted by Gasteiger charge is 2.19. The lowest BCUT2D eigenvalue weighted by Crippen LogP contribution is -2.14. The SMILES string of the molecule is COc1cccc(Cn2nc(C)c(NC(=O)c3cc(-c4cnn(C)c4)nc4ccccc34)c2C)c1. The number of hydrogen-bond donors (Lipinski definition) is 1. The van der Waals surface area contributed by atoms with E-state index < -0.39 is 0 Å². The Morgan fingerprint density at radius 2 is 1.91 bits per heavy atom. The van der Waals surface area contributed by atoms with Crippen molar-refractivity contribution >= 4 is 22.5 Å². The van der Waals surface area contributed by atoms with Crippen molar-refractivity contribution in [3.8, 4) is 17.0 Å². The fourth-order valence-corrected chi connectivity index (χ4v) is 4.22. The smallest absolute Gasteiger partial charge is 0.256 e. The van der Waals surface area contributed by atoms with E-state index >= 15 is 0 Å². The second kappa shape index (κ2) is 9.06. The Balaban J connectivity index is 1.48. The van der Waals surface area contributed by atoms with E-state index in [4.69, 9.17) is 9.72 Å². The molecule has 1 N–H and O–H groups in total. The molecule has 5 rings (SSSR count). The fraction of sp³-hybridized carbons (Fsp3) is 0.185. The quantitative estimate of drug-likeness (QED) is 0.390. The number of nitrogens with zero attached hydrogens (tertiary/aromatic N) is 5. The Labute approximate surface area is 203 Å². The molecule has 0 saturated carbocycles. The van der Waals surface area contributed by atoms with Crippen LogP contribution >= 0.6 is 0 Å². The first kappa shape index (κ1) is 22.3. The van der Waals surface area contributed by atoms with Gasteiger partial charge in [0, 0.05) is 24.2 Å². The highest BCUT2D eigenvalue weighted by molar-refractivity contribution is 6.13. The van der Waals surface area contributed by atoms with Gasteiger partial charge in [-0.05, 0) is 43.7 Å².